The molecule has 0 saturated carbocycles. The predicted molar refractivity (Wildman–Crippen MR) is 60.7 cm³/mol. The van der Waals surface area contributed by atoms with Gasteiger partial charge >= 0.3 is 0 Å². The van der Waals surface area contributed by atoms with Crippen LogP contribution >= 0.6 is 0 Å². The molecule has 1 aromatic heterocycles. The van der Waals surface area contributed by atoms with Gasteiger partial charge in [0.25, 0.3) is 5.56 Å². The van der Waals surface area contributed by atoms with E-state index in [0.29, 0.717) is 11.3 Å². The molecule has 0 amide bonds. The Morgan fingerprint density at radius 3 is 2.81 bits per heavy atom. The van der Waals surface area contributed by atoms with Crippen molar-refractivity contribution in [2.24, 2.45) is 0 Å². The number of ether oxygens (including phenoxy) is 1. The molecule has 1 aromatic carbocycles. The number of H-pyrrole nitrogens is 1. The smallest absolute Gasteiger partial charge is 0.251 e. The summed E-state index contributed by atoms with van der Waals surface area (Å²) in [6.07, 6.45) is 1.48. The summed E-state index contributed by atoms with van der Waals surface area (Å²) in [6.45, 7) is 0. The van der Waals surface area contributed by atoms with Gasteiger partial charge in [-0.25, -0.2) is 0 Å². The lowest BCUT2D eigenvalue weighted by Crippen LogP contribution is -2.02. The molecule has 16 heavy (non-hydrogen) atoms. The predicted octanol–water partition coefficient (Wildman–Crippen LogP) is 1.76. The van der Waals surface area contributed by atoms with Gasteiger partial charge in [0.1, 0.15) is 11.5 Å². The van der Waals surface area contributed by atoms with Crippen LogP contribution in [-0.2, 0) is 0 Å². The van der Waals surface area contributed by atoms with Crippen molar-refractivity contribution in [1.82, 2.24) is 4.98 Å². The molecule has 2 aromatic rings. The lowest BCUT2D eigenvalue weighted by atomic mass is 10.1. The number of hydrogen-bond donors (Lipinski definition) is 2. The van der Waals surface area contributed by atoms with Crippen molar-refractivity contribution in [2.75, 3.05) is 7.11 Å². The van der Waals surface area contributed by atoms with E-state index in [4.69, 9.17) is 4.74 Å². The molecule has 2 rings (SSSR count). The van der Waals surface area contributed by atoms with Gasteiger partial charge in [0.2, 0.25) is 0 Å². The van der Waals surface area contributed by atoms with Crippen LogP contribution in [0.1, 0.15) is 0 Å². The second kappa shape index (κ2) is 4.10. The van der Waals surface area contributed by atoms with Crippen molar-refractivity contribution in [3.8, 4) is 22.6 Å². The van der Waals surface area contributed by atoms with Crippen LogP contribution in [0.4, 0.5) is 0 Å². The van der Waals surface area contributed by atoms with Gasteiger partial charge in [-0.1, -0.05) is 12.1 Å². The first kappa shape index (κ1) is 10.3. The van der Waals surface area contributed by atoms with E-state index < -0.39 is 0 Å². The van der Waals surface area contributed by atoms with E-state index in [1.807, 2.05) is 18.2 Å². The number of nitrogens with one attached hydrogen (secondary N) is 1. The number of pyridine rings is 1. The van der Waals surface area contributed by atoms with Crippen molar-refractivity contribution < 1.29 is 9.84 Å². The summed E-state index contributed by atoms with van der Waals surface area (Å²) in [5.41, 5.74) is 1.02. The molecule has 0 saturated heterocycles. The summed E-state index contributed by atoms with van der Waals surface area (Å²) in [5, 5.41) is 9.65. The van der Waals surface area contributed by atoms with Crippen LogP contribution in [0.2, 0.25) is 0 Å². The van der Waals surface area contributed by atoms with Gasteiger partial charge < -0.3 is 14.8 Å². The van der Waals surface area contributed by atoms with Crippen LogP contribution in [-0.4, -0.2) is 17.2 Å². The lowest BCUT2D eigenvalue weighted by molar-refractivity contribution is 0.415. The number of aromatic nitrogens is 1. The van der Waals surface area contributed by atoms with Crippen LogP contribution in [0.3, 0.4) is 0 Å². The Morgan fingerprint density at radius 2 is 2.12 bits per heavy atom. The van der Waals surface area contributed by atoms with Crippen molar-refractivity contribution in [3.63, 3.8) is 0 Å². The van der Waals surface area contributed by atoms with E-state index in [2.05, 4.69) is 4.98 Å². The Labute approximate surface area is 92.1 Å². The van der Waals surface area contributed by atoms with Gasteiger partial charge in [0, 0.05) is 17.8 Å². The summed E-state index contributed by atoms with van der Waals surface area (Å²) >= 11 is 0. The Kier molecular flexibility index (Phi) is 2.64. The minimum absolute atomic E-state index is 0.0444. The topological polar surface area (TPSA) is 62.3 Å². The number of aromatic amines is 1. The maximum absolute atomic E-state index is 11.0. The molecule has 4 nitrogen and oxygen atoms in total. The molecule has 0 aliphatic carbocycles. The monoisotopic (exact) mass is 217 g/mol. The van der Waals surface area contributed by atoms with Gasteiger partial charge in [-0.2, -0.15) is 0 Å². The molecular weight excluding hydrogens is 206 g/mol. The fraction of sp³-hybridized carbons (Fsp3) is 0.0833. The minimum Gasteiger partial charge on any atom is -0.507 e. The zero-order chi connectivity index (χ0) is 11.5. The van der Waals surface area contributed by atoms with E-state index >= 15 is 0 Å². The second-order valence-corrected chi connectivity index (χ2v) is 3.33. The fourth-order valence-electron chi connectivity index (χ4n) is 1.48. The van der Waals surface area contributed by atoms with E-state index in [1.165, 1.54) is 6.20 Å². The Bertz CT molecular complexity index is 560. The van der Waals surface area contributed by atoms with Crippen LogP contribution in [0.5, 0.6) is 11.5 Å². The van der Waals surface area contributed by atoms with Crippen molar-refractivity contribution in [2.45, 2.75) is 0 Å². The van der Waals surface area contributed by atoms with Crippen LogP contribution in [0, 0.1) is 0 Å². The molecule has 0 aliphatic heterocycles. The van der Waals surface area contributed by atoms with Crippen LogP contribution in [0.15, 0.2) is 41.3 Å². The number of methoxy groups -OCH3 is 1. The maximum atomic E-state index is 11.0. The largest absolute Gasteiger partial charge is 0.507 e. The van der Waals surface area contributed by atoms with Crippen LogP contribution < -0.4 is 10.3 Å². The van der Waals surface area contributed by atoms with Gasteiger partial charge in [0.05, 0.1) is 7.11 Å². The number of hydrogen-bond acceptors (Lipinski definition) is 3. The summed E-state index contributed by atoms with van der Waals surface area (Å²) in [5.74, 6) is 0.653. The van der Waals surface area contributed by atoms with Gasteiger partial charge in [-0.15, -0.1) is 0 Å². The quantitative estimate of drug-likeness (QED) is 0.805. The summed E-state index contributed by atoms with van der Waals surface area (Å²) in [7, 11) is 1.58. The first-order valence-electron chi connectivity index (χ1n) is 4.77. The highest BCUT2D eigenvalue weighted by molar-refractivity contribution is 5.69. The van der Waals surface area contributed by atoms with E-state index in [0.717, 1.165) is 11.6 Å². The molecule has 0 spiro atoms. The SMILES string of the molecule is COc1cccc(-c2c[nH]c(=O)cc2O)c1. The standard InChI is InChI=1S/C12H11NO3/c1-16-9-4-2-3-8(5-9)10-7-13-12(15)6-11(10)14/h2-7H,1H3,(H2,13,14,15). The summed E-state index contributed by atoms with van der Waals surface area (Å²) in [6, 6.07) is 8.39. The average molecular weight is 217 g/mol. The second-order valence-electron chi connectivity index (χ2n) is 3.33. The van der Waals surface area contributed by atoms with Crippen molar-refractivity contribution in [3.05, 3.63) is 46.9 Å². The highest BCUT2D eigenvalue weighted by Gasteiger charge is 2.05. The molecule has 0 fully saturated rings. The van der Waals surface area contributed by atoms with Gasteiger partial charge in [-0.05, 0) is 17.7 Å². The first-order valence-corrected chi connectivity index (χ1v) is 4.77. The highest BCUT2D eigenvalue weighted by atomic mass is 16.5. The Hall–Kier alpha value is -2.23. The highest BCUT2D eigenvalue weighted by Crippen LogP contribution is 2.28. The van der Waals surface area contributed by atoms with E-state index in [9.17, 15) is 9.90 Å². The molecule has 0 atom stereocenters. The Balaban J connectivity index is 2.54. The molecule has 2 N–H and O–H groups in total. The van der Waals surface area contributed by atoms with Gasteiger partial charge in [0.15, 0.2) is 0 Å². The number of benzene rings is 1. The van der Waals surface area contributed by atoms with Crippen molar-refractivity contribution >= 4 is 0 Å². The normalized spacial score (nSPS) is 10.1. The third-order valence-corrected chi connectivity index (χ3v) is 2.28. The maximum Gasteiger partial charge on any atom is 0.251 e. The zero-order valence-electron chi connectivity index (χ0n) is 8.73. The summed E-state index contributed by atoms with van der Waals surface area (Å²) < 4.78 is 5.09. The van der Waals surface area contributed by atoms with E-state index in [1.54, 1.807) is 13.2 Å². The fourth-order valence-corrected chi connectivity index (χ4v) is 1.48. The molecule has 0 unspecified atom stereocenters. The molecule has 0 aliphatic rings. The molecule has 4 heteroatoms. The third kappa shape index (κ3) is 1.91. The molecular formula is C12H11NO3. The number of aromatic hydroxyl groups is 1. The van der Waals surface area contributed by atoms with Crippen LogP contribution in [0.25, 0.3) is 11.1 Å². The van der Waals surface area contributed by atoms with Gasteiger partial charge in [-0.3, -0.25) is 4.79 Å². The zero-order valence-corrected chi connectivity index (χ0v) is 8.73. The summed E-state index contributed by atoms with van der Waals surface area (Å²) in [4.78, 5) is 13.5. The molecule has 0 bridgehead atoms. The first-order chi connectivity index (χ1) is 7.70. The lowest BCUT2D eigenvalue weighted by Gasteiger charge is -2.05. The van der Waals surface area contributed by atoms with Crippen molar-refractivity contribution in [1.29, 1.82) is 0 Å². The number of rotatable bonds is 2. The third-order valence-electron chi connectivity index (χ3n) is 2.28. The van der Waals surface area contributed by atoms with E-state index in [-0.39, 0.29) is 11.3 Å². The molecule has 0 radical (unpaired) electrons. The Morgan fingerprint density at radius 1 is 1.31 bits per heavy atom. The molecule has 1 heterocycles. The minimum atomic E-state index is -0.329. The average Bonchev–Trinajstić information content (AvgIpc) is 2.29. The molecule has 82 valence electrons.